The molecule has 1 amide bonds. The van der Waals surface area contributed by atoms with E-state index in [1.165, 1.54) is 25.1 Å². The number of nitrogens with one attached hydrogen (secondary N) is 1. The maximum Gasteiger partial charge on any atom is 0.339 e. The second kappa shape index (κ2) is 7.18. The molecule has 0 aliphatic heterocycles. The predicted molar refractivity (Wildman–Crippen MR) is 75.9 cm³/mol. The van der Waals surface area contributed by atoms with Gasteiger partial charge in [0.25, 0.3) is 11.6 Å². The van der Waals surface area contributed by atoms with E-state index in [1.54, 1.807) is 6.92 Å². The van der Waals surface area contributed by atoms with E-state index in [0.717, 1.165) is 6.07 Å². The van der Waals surface area contributed by atoms with Crippen molar-refractivity contribution in [1.29, 1.82) is 0 Å². The Morgan fingerprint density at radius 2 is 2.19 bits per heavy atom. The molecule has 0 heterocycles. The summed E-state index contributed by atoms with van der Waals surface area (Å²) in [6.07, 6.45) is 0.494. The Morgan fingerprint density at radius 1 is 1.52 bits per heavy atom. The Balaban J connectivity index is 2.80. The van der Waals surface area contributed by atoms with Crippen LogP contribution in [-0.2, 0) is 9.53 Å². The van der Waals surface area contributed by atoms with Gasteiger partial charge in [0.15, 0.2) is 6.10 Å². The Bertz CT molecular complexity index is 583. The third-order valence-electron chi connectivity index (χ3n) is 2.72. The zero-order chi connectivity index (χ0) is 16.0. The number of nitrogens with zero attached hydrogens (tertiary/aromatic N) is 1. The van der Waals surface area contributed by atoms with Crippen molar-refractivity contribution in [2.75, 3.05) is 6.54 Å². The summed E-state index contributed by atoms with van der Waals surface area (Å²) in [7, 11) is 0. The standard InChI is InChI=1S/C14H16N2O5/c1-4-7-15-13(17)10(3)21-14(18)11-6-5-9(2)12(8-11)16(19)20/h4-6,8,10H,1,7H2,2-3H3,(H,15,17)/t10-/m1/s1. The van der Waals surface area contributed by atoms with Gasteiger partial charge in [0, 0.05) is 18.2 Å². The fourth-order valence-electron chi connectivity index (χ4n) is 1.53. The first-order chi connectivity index (χ1) is 9.86. The fourth-order valence-corrected chi connectivity index (χ4v) is 1.53. The molecule has 7 nitrogen and oxygen atoms in total. The predicted octanol–water partition coefficient (Wildman–Crippen LogP) is 1.75. The van der Waals surface area contributed by atoms with E-state index in [9.17, 15) is 19.7 Å². The molecule has 7 heteroatoms. The molecule has 0 unspecified atom stereocenters. The monoisotopic (exact) mass is 292 g/mol. The molecule has 0 fully saturated rings. The highest BCUT2D eigenvalue weighted by atomic mass is 16.6. The zero-order valence-electron chi connectivity index (χ0n) is 11.8. The lowest BCUT2D eigenvalue weighted by Gasteiger charge is -2.12. The van der Waals surface area contributed by atoms with E-state index in [1.807, 2.05) is 0 Å². The summed E-state index contributed by atoms with van der Waals surface area (Å²) in [4.78, 5) is 33.7. The summed E-state index contributed by atoms with van der Waals surface area (Å²) < 4.78 is 4.96. The number of hydrogen-bond acceptors (Lipinski definition) is 5. The van der Waals surface area contributed by atoms with E-state index in [4.69, 9.17) is 4.74 Å². The third-order valence-corrected chi connectivity index (χ3v) is 2.72. The van der Waals surface area contributed by atoms with Crippen LogP contribution in [-0.4, -0.2) is 29.4 Å². The Morgan fingerprint density at radius 3 is 2.76 bits per heavy atom. The number of benzene rings is 1. The van der Waals surface area contributed by atoms with Gasteiger partial charge < -0.3 is 10.1 Å². The normalized spacial score (nSPS) is 11.3. The van der Waals surface area contributed by atoms with Crippen molar-refractivity contribution in [3.05, 3.63) is 52.1 Å². The van der Waals surface area contributed by atoms with Gasteiger partial charge in [-0.05, 0) is 19.9 Å². The van der Waals surface area contributed by atoms with E-state index >= 15 is 0 Å². The molecule has 0 spiro atoms. The number of nitro benzene ring substituents is 1. The van der Waals surface area contributed by atoms with Crippen LogP contribution in [0.3, 0.4) is 0 Å². The summed E-state index contributed by atoms with van der Waals surface area (Å²) in [5.74, 6) is -1.26. The Kier molecular flexibility index (Phi) is 5.59. The molecule has 1 N–H and O–H groups in total. The summed E-state index contributed by atoms with van der Waals surface area (Å²) in [5.41, 5.74) is 0.289. The van der Waals surface area contributed by atoms with E-state index in [-0.39, 0.29) is 17.8 Å². The second-order valence-electron chi connectivity index (χ2n) is 4.34. The molecule has 1 rings (SSSR count). The summed E-state index contributed by atoms with van der Waals surface area (Å²) in [5, 5.41) is 13.3. The molecule has 1 aromatic rings. The van der Waals surface area contributed by atoms with Crippen LogP contribution in [0.15, 0.2) is 30.9 Å². The van der Waals surface area contributed by atoms with Crippen LogP contribution >= 0.6 is 0 Å². The van der Waals surface area contributed by atoms with Crippen LogP contribution in [0.5, 0.6) is 0 Å². The molecule has 0 aliphatic carbocycles. The van der Waals surface area contributed by atoms with Crippen LogP contribution in [0.4, 0.5) is 5.69 Å². The smallest absolute Gasteiger partial charge is 0.339 e. The molecule has 0 aliphatic rings. The van der Waals surface area contributed by atoms with Crippen molar-refractivity contribution in [2.45, 2.75) is 20.0 Å². The number of hydrogen-bond donors (Lipinski definition) is 1. The van der Waals surface area contributed by atoms with Gasteiger partial charge in [-0.25, -0.2) is 4.79 Å². The van der Waals surface area contributed by atoms with E-state index in [2.05, 4.69) is 11.9 Å². The average molecular weight is 292 g/mol. The highest BCUT2D eigenvalue weighted by Crippen LogP contribution is 2.20. The minimum atomic E-state index is -1.00. The highest BCUT2D eigenvalue weighted by molar-refractivity contribution is 5.93. The average Bonchev–Trinajstić information content (AvgIpc) is 2.44. The number of ether oxygens (including phenoxy) is 1. The number of aryl methyl sites for hydroxylation is 1. The zero-order valence-corrected chi connectivity index (χ0v) is 11.8. The Labute approximate surface area is 121 Å². The van der Waals surface area contributed by atoms with Crippen molar-refractivity contribution in [2.24, 2.45) is 0 Å². The minimum absolute atomic E-state index is 0.0238. The van der Waals surface area contributed by atoms with Gasteiger partial charge in [0.05, 0.1) is 10.5 Å². The van der Waals surface area contributed by atoms with Crippen molar-refractivity contribution in [1.82, 2.24) is 5.32 Å². The van der Waals surface area contributed by atoms with Crippen molar-refractivity contribution < 1.29 is 19.2 Å². The number of nitro groups is 1. The van der Waals surface area contributed by atoms with Crippen LogP contribution in [0.1, 0.15) is 22.8 Å². The SMILES string of the molecule is C=CCNC(=O)[C@@H](C)OC(=O)c1ccc(C)c([N+](=O)[O-])c1. The molecule has 0 aromatic heterocycles. The van der Waals surface area contributed by atoms with E-state index in [0.29, 0.717) is 5.56 Å². The maximum atomic E-state index is 11.9. The lowest BCUT2D eigenvalue weighted by atomic mass is 10.1. The molecular formula is C14H16N2O5. The van der Waals surface area contributed by atoms with Gasteiger partial charge in [-0.2, -0.15) is 0 Å². The summed E-state index contributed by atoms with van der Waals surface area (Å²) in [6, 6.07) is 4.00. The van der Waals surface area contributed by atoms with Gasteiger partial charge in [0.1, 0.15) is 0 Å². The molecule has 0 saturated heterocycles. The minimum Gasteiger partial charge on any atom is -0.449 e. The van der Waals surface area contributed by atoms with Crippen LogP contribution in [0, 0.1) is 17.0 Å². The summed E-state index contributed by atoms with van der Waals surface area (Å²) in [6.45, 7) is 6.69. The van der Waals surface area contributed by atoms with Crippen LogP contribution in [0.2, 0.25) is 0 Å². The summed E-state index contributed by atoms with van der Waals surface area (Å²) >= 11 is 0. The second-order valence-corrected chi connectivity index (χ2v) is 4.34. The van der Waals surface area contributed by atoms with Crippen LogP contribution in [0.25, 0.3) is 0 Å². The molecular weight excluding hydrogens is 276 g/mol. The number of carbonyl (C=O) groups is 2. The lowest BCUT2D eigenvalue weighted by Crippen LogP contribution is -2.35. The van der Waals surface area contributed by atoms with Gasteiger partial charge in [-0.3, -0.25) is 14.9 Å². The fraction of sp³-hybridized carbons (Fsp3) is 0.286. The van der Waals surface area contributed by atoms with E-state index < -0.39 is 22.9 Å². The lowest BCUT2D eigenvalue weighted by molar-refractivity contribution is -0.385. The van der Waals surface area contributed by atoms with Gasteiger partial charge >= 0.3 is 5.97 Å². The third kappa shape index (κ3) is 4.41. The van der Waals surface area contributed by atoms with Gasteiger partial charge in [0.2, 0.25) is 0 Å². The number of esters is 1. The molecule has 1 atom stereocenters. The Hall–Kier alpha value is -2.70. The maximum absolute atomic E-state index is 11.9. The first kappa shape index (κ1) is 16.4. The van der Waals surface area contributed by atoms with Crippen molar-refractivity contribution in [3.8, 4) is 0 Å². The molecule has 1 aromatic carbocycles. The molecule has 0 bridgehead atoms. The molecule has 112 valence electrons. The van der Waals surface area contributed by atoms with Crippen molar-refractivity contribution >= 4 is 17.6 Å². The molecule has 21 heavy (non-hydrogen) atoms. The van der Waals surface area contributed by atoms with Gasteiger partial charge in [-0.15, -0.1) is 6.58 Å². The first-order valence-electron chi connectivity index (χ1n) is 6.21. The number of rotatable bonds is 6. The quantitative estimate of drug-likeness (QED) is 0.373. The highest BCUT2D eigenvalue weighted by Gasteiger charge is 2.20. The largest absolute Gasteiger partial charge is 0.449 e. The molecule has 0 saturated carbocycles. The van der Waals surface area contributed by atoms with Gasteiger partial charge in [-0.1, -0.05) is 12.1 Å². The topological polar surface area (TPSA) is 98.5 Å². The first-order valence-corrected chi connectivity index (χ1v) is 6.21. The van der Waals surface area contributed by atoms with Crippen LogP contribution < -0.4 is 5.32 Å². The number of amides is 1. The molecule has 0 radical (unpaired) electrons. The number of carbonyl (C=O) groups excluding carboxylic acids is 2. The van der Waals surface area contributed by atoms with Crippen molar-refractivity contribution in [3.63, 3.8) is 0 Å².